The molecule has 416 valence electrons. The second-order valence-corrected chi connectivity index (χ2v) is 24.5. The normalized spacial score (nSPS) is 23.4. The molecule has 7 amide bonds. The number of ether oxygens (including phenoxy) is 2. The zero-order valence-corrected chi connectivity index (χ0v) is 47.8. The number of rotatable bonds is 26. The van der Waals surface area contributed by atoms with E-state index in [2.05, 4.69) is 66.5 Å². The number of nitrogens with one attached hydrogen (secondary N) is 6. The van der Waals surface area contributed by atoms with E-state index < -0.39 is 114 Å². The molecule has 18 nitrogen and oxygen atoms in total. The molecule has 1 aromatic rings. The molecule has 6 N–H and O–H groups in total. The van der Waals surface area contributed by atoms with Crippen LogP contribution in [-0.2, 0) is 54.0 Å². The fourth-order valence-corrected chi connectivity index (χ4v) is 10.7. The SMILES string of the molecule is CCCCCCc1ccc(C(=O)N[C@H](COC(C)(C)C)C(=O)N[C@H](C)C(=O)NCC(=O)N(C)[C@H](C(=O)N[C@@H](C)C(=O)N[C@@H](CC(C)C)C(=O)NCB2O[C@]3(C)C[C@@H]4C[C@@H](C4(C)C)[C@]3(C)O2)C(C)OC(C)(C)C)cc1. The second kappa shape index (κ2) is 25.5. The van der Waals surface area contributed by atoms with Gasteiger partial charge in [0.25, 0.3) is 5.91 Å². The van der Waals surface area contributed by atoms with E-state index in [1.165, 1.54) is 27.3 Å². The van der Waals surface area contributed by atoms with Gasteiger partial charge in [0, 0.05) is 12.6 Å². The lowest BCUT2D eigenvalue weighted by Crippen LogP contribution is -2.70. The number of unbranched alkanes of at least 4 members (excludes halogenated alkanes) is 3. The molecule has 19 heteroatoms. The van der Waals surface area contributed by atoms with Crippen molar-refractivity contribution in [3.05, 3.63) is 35.4 Å². The molecule has 3 saturated carbocycles. The Morgan fingerprint density at radius 2 is 1.36 bits per heavy atom. The van der Waals surface area contributed by atoms with Crippen molar-refractivity contribution in [1.82, 2.24) is 36.8 Å². The Balaban J connectivity index is 1.35. The first kappa shape index (κ1) is 62.0. The minimum absolute atomic E-state index is 0.0278. The summed E-state index contributed by atoms with van der Waals surface area (Å²) in [5.74, 6) is -3.34. The maximum atomic E-state index is 14.1. The first-order chi connectivity index (χ1) is 34.2. The smallest absolute Gasteiger partial charge is 0.402 e. The lowest BCUT2D eigenvalue weighted by molar-refractivity contribution is -0.235. The largest absolute Gasteiger partial charge is 0.478 e. The zero-order valence-electron chi connectivity index (χ0n) is 47.8. The number of aryl methyl sites for hydroxylation is 1. The maximum Gasteiger partial charge on any atom is 0.478 e. The van der Waals surface area contributed by atoms with Crippen LogP contribution in [0.3, 0.4) is 0 Å². The van der Waals surface area contributed by atoms with Gasteiger partial charge in [-0.15, -0.1) is 0 Å². The van der Waals surface area contributed by atoms with E-state index in [0.717, 1.165) is 49.0 Å². The van der Waals surface area contributed by atoms with Crippen LogP contribution in [0.25, 0.3) is 0 Å². The van der Waals surface area contributed by atoms with Crippen LogP contribution in [0.15, 0.2) is 24.3 Å². The van der Waals surface area contributed by atoms with Gasteiger partial charge in [-0.25, -0.2) is 0 Å². The summed E-state index contributed by atoms with van der Waals surface area (Å²) in [4.78, 5) is 96.9. The molecule has 4 aliphatic rings. The fraction of sp³-hybridized carbons (Fsp3) is 0.764. The molecule has 0 aromatic heterocycles. The van der Waals surface area contributed by atoms with Crippen LogP contribution >= 0.6 is 0 Å². The molecule has 3 aliphatic carbocycles. The van der Waals surface area contributed by atoms with E-state index >= 15 is 0 Å². The fourth-order valence-electron chi connectivity index (χ4n) is 10.7. The van der Waals surface area contributed by atoms with Gasteiger partial charge in [-0.1, -0.05) is 66.0 Å². The van der Waals surface area contributed by atoms with Gasteiger partial charge in [0.1, 0.15) is 30.2 Å². The summed E-state index contributed by atoms with van der Waals surface area (Å²) in [7, 11) is 0.738. The number of likely N-dealkylation sites (N-methyl/N-ethyl adjacent to an activating group) is 1. The molecule has 0 spiro atoms. The van der Waals surface area contributed by atoms with Crippen molar-refractivity contribution in [2.75, 3.05) is 26.6 Å². The van der Waals surface area contributed by atoms with E-state index in [9.17, 15) is 33.6 Å². The van der Waals surface area contributed by atoms with E-state index in [-0.39, 0.29) is 24.4 Å². The van der Waals surface area contributed by atoms with Gasteiger partial charge >= 0.3 is 7.12 Å². The molecular formula is C55H92BN7O11. The molecule has 10 atom stereocenters. The van der Waals surface area contributed by atoms with Crippen molar-refractivity contribution in [2.24, 2.45) is 23.2 Å². The van der Waals surface area contributed by atoms with Gasteiger partial charge in [0.15, 0.2) is 0 Å². The lowest BCUT2D eigenvalue weighted by atomic mass is 9.41. The topological polar surface area (TPSA) is 232 Å². The Bertz CT molecular complexity index is 2130. The maximum absolute atomic E-state index is 14.1. The van der Waals surface area contributed by atoms with Crippen molar-refractivity contribution in [1.29, 1.82) is 0 Å². The Hall–Kier alpha value is -4.59. The van der Waals surface area contributed by atoms with Crippen molar-refractivity contribution in [3.8, 4) is 0 Å². The summed E-state index contributed by atoms with van der Waals surface area (Å²) in [5, 5.41) is 16.4. The summed E-state index contributed by atoms with van der Waals surface area (Å²) in [6.07, 6.45) is 6.92. The van der Waals surface area contributed by atoms with Gasteiger partial charge in [0.05, 0.1) is 48.1 Å². The molecule has 0 radical (unpaired) electrons. The molecule has 1 unspecified atom stereocenters. The third kappa shape index (κ3) is 16.5. The summed E-state index contributed by atoms with van der Waals surface area (Å²) in [5.41, 5.74) is -0.713. The van der Waals surface area contributed by atoms with E-state index in [0.29, 0.717) is 23.8 Å². The van der Waals surface area contributed by atoms with E-state index in [4.69, 9.17) is 18.8 Å². The van der Waals surface area contributed by atoms with E-state index in [1.54, 1.807) is 39.8 Å². The van der Waals surface area contributed by atoms with Gasteiger partial charge in [-0.05, 0) is 149 Å². The molecule has 1 aromatic carbocycles. The Labute approximate surface area is 442 Å². The Morgan fingerprint density at radius 3 is 1.95 bits per heavy atom. The lowest BCUT2D eigenvalue weighted by Gasteiger charge is -2.67. The minimum Gasteiger partial charge on any atom is -0.402 e. The minimum atomic E-state index is -1.27. The first-order valence-corrected chi connectivity index (χ1v) is 27.0. The molecular weight excluding hydrogens is 945 g/mol. The van der Waals surface area contributed by atoms with Crippen LogP contribution in [-0.4, -0.2) is 139 Å². The van der Waals surface area contributed by atoms with Gasteiger partial charge < -0.3 is 55.6 Å². The van der Waals surface area contributed by atoms with Gasteiger partial charge in [-0.2, -0.15) is 0 Å². The number of amides is 7. The predicted molar refractivity (Wildman–Crippen MR) is 285 cm³/mol. The molecule has 2 bridgehead atoms. The highest BCUT2D eigenvalue weighted by Gasteiger charge is 2.72. The molecule has 1 heterocycles. The molecule has 5 rings (SSSR count). The number of carbonyl (C=O) groups excluding carboxylic acids is 7. The molecule has 1 saturated heterocycles. The number of benzene rings is 1. The average Bonchev–Trinajstić information content (AvgIpc) is 3.58. The van der Waals surface area contributed by atoms with Crippen LogP contribution in [0, 0.1) is 23.2 Å². The van der Waals surface area contributed by atoms with Crippen molar-refractivity contribution in [2.45, 2.75) is 221 Å². The quantitative estimate of drug-likeness (QED) is 0.0523. The summed E-state index contributed by atoms with van der Waals surface area (Å²) >= 11 is 0. The molecule has 74 heavy (non-hydrogen) atoms. The Morgan fingerprint density at radius 1 is 0.743 bits per heavy atom. The third-order valence-electron chi connectivity index (χ3n) is 15.2. The second-order valence-electron chi connectivity index (χ2n) is 24.5. The Kier molecular flexibility index (Phi) is 21.4. The highest BCUT2D eigenvalue weighted by Crippen LogP contribution is 2.69. The monoisotopic (exact) mass is 1040 g/mol. The predicted octanol–water partition coefficient (Wildman–Crippen LogP) is 5.18. The van der Waals surface area contributed by atoms with Crippen LogP contribution < -0.4 is 31.9 Å². The van der Waals surface area contributed by atoms with Gasteiger partial charge in [0.2, 0.25) is 35.4 Å². The van der Waals surface area contributed by atoms with Crippen LogP contribution in [0.2, 0.25) is 0 Å². The average molecular weight is 1040 g/mol. The van der Waals surface area contributed by atoms with Crippen LogP contribution in [0.5, 0.6) is 0 Å². The van der Waals surface area contributed by atoms with E-state index in [1.807, 2.05) is 46.8 Å². The summed E-state index contributed by atoms with van der Waals surface area (Å²) < 4.78 is 25.1. The highest BCUT2D eigenvalue weighted by molar-refractivity contribution is 6.46. The molecule has 1 aliphatic heterocycles. The van der Waals surface area contributed by atoms with Crippen molar-refractivity contribution in [3.63, 3.8) is 0 Å². The van der Waals surface area contributed by atoms with Crippen LogP contribution in [0.4, 0.5) is 0 Å². The summed E-state index contributed by atoms with van der Waals surface area (Å²) in [6, 6.07) is 1.59. The van der Waals surface area contributed by atoms with Gasteiger partial charge in [-0.3, -0.25) is 33.6 Å². The standard InChI is InChI=1S/C55H92BN7O11/c1-18-19-20-21-22-37-23-25-38(26-24-37)47(67)62-41(31-71-51(7,8)9)49(69)59-34(4)45(65)57-30-43(64)63(17)44(36(6)72-52(10,11)12)50(70)60-35(5)46(66)61-40(27-33(2)3)48(68)58-32-56-73-54(15)29-39-28-42(53(39,13)14)55(54,16)74-56/h23-26,33-36,39-42,44H,18-22,27-32H2,1-17H3,(H,57,65)(H,58,68)(H,59,69)(H,60,70)(H,61,66)(H,62,67)/t34-,35+,36?,39+,40+,41-,42+,44+,54-,55+/m1/s1. The summed E-state index contributed by atoms with van der Waals surface area (Å²) in [6.45, 7) is 29.5. The van der Waals surface area contributed by atoms with Crippen molar-refractivity contribution >= 4 is 48.5 Å². The first-order valence-electron chi connectivity index (χ1n) is 27.0. The number of nitrogens with zero attached hydrogens (tertiary/aromatic N) is 1. The zero-order chi connectivity index (χ0) is 55.7. The number of carbonyl (C=O) groups is 7. The third-order valence-corrected chi connectivity index (χ3v) is 15.2. The number of hydrogen-bond donors (Lipinski definition) is 6. The van der Waals surface area contributed by atoms with Crippen molar-refractivity contribution < 1.29 is 52.3 Å². The number of hydrogen-bond acceptors (Lipinski definition) is 11. The van der Waals surface area contributed by atoms with Crippen LogP contribution in [0.1, 0.15) is 172 Å². The highest BCUT2D eigenvalue weighted by atomic mass is 16.7. The molecule has 4 fully saturated rings.